The van der Waals surface area contributed by atoms with Gasteiger partial charge in [0.25, 0.3) is 5.91 Å². The first-order valence-corrected chi connectivity index (χ1v) is 7.02. The first-order valence-electron chi connectivity index (χ1n) is 7.02. The molecule has 0 aliphatic carbocycles. The number of ketones is 1. The van der Waals surface area contributed by atoms with Crippen LogP contribution in [0.4, 0.5) is 0 Å². The molecular weight excluding hydrogens is 268 g/mol. The molecule has 1 amide bonds. The number of carbonyl (C=O) groups is 2. The van der Waals surface area contributed by atoms with E-state index in [0.29, 0.717) is 17.8 Å². The van der Waals surface area contributed by atoms with Gasteiger partial charge in [0.05, 0.1) is 12.6 Å². The molecule has 1 aliphatic heterocycles. The van der Waals surface area contributed by atoms with Gasteiger partial charge in [0, 0.05) is 29.4 Å². The van der Waals surface area contributed by atoms with Crippen LogP contribution in [-0.4, -0.2) is 38.7 Å². The van der Waals surface area contributed by atoms with E-state index in [1.807, 2.05) is 24.3 Å². The SMILES string of the molecule is CC(=O)c1ccn2c3c(c(C)c2c1)CN(C(C)CO)C3=O. The lowest BCUT2D eigenvalue weighted by Gasteiger charge is -2.22. The van der Waals surface area contributed by atoms with Gasteiger partial charge < -0.3 is 14.4 Å². The second-order valence-corrected chi connectivity index (χ2v) is 5.64. The quantitative estimate of drug-likeness (QED) is 0.875. The van der Waals surface area contributed by atoms with E-state index in [-0.39, 0.29) is 24.3 Å². The fraction of sp³-hybridized carbons (Fsp3) is 0.375. The summed E-state index contributed by atoms with van der Waals surface area (Å²) in [5.41, 5.74) is 4.21. The molecule has 2 aromatic heterocycles. The molecule has 2 aromatic rings. The zero-order valence-electron chi connectivity index (χ0n) is 12.4. The number of aliphatic hydroxyl groups excluding tert-OH is 1. The number of amides is 1. The summed E-state index contributed by atoms with van der Waals surface area (Å²) < 4.78 is 1.85. The molecular formula is C16H18N2O3. The number of rotatable bonds is 3. The minimum absolute atomic E-state index is 0.0140. The highest BCUT2D eigenvalue weighted by molar-refractivity contribution is 6.01. The van der Waals surface area contributed by atoms with E-state index >= 15 is 0 Å². The first-order chi connectivity index (χ1) is 9.95. The van der Waals surface area contributed by atoms with E-state index in [4.69, 9.17) is 0 Å². The van der Waals surface area contributed by atoms with Crippen molar-refractivity contribution in [1.29, 1.82) is 0 Å². The Morgan fingerprint density at radius 1 is 1.48 bits per heavy atom. The number of nitrogens with zero attached hydrogens (tertiary/aromatic N) is 2. The molecule has 5 nitrogen and oxygen atoms in total. The van der Waals surface area contributed by atoms with Crippen LogP contribution in [0.5, 0.6) is 0 Å². The molecule has 0 saturated carbocycles. The van der Waals surface area contributed by atoms with Crippen molar-refractivity contribution in [1.82, 2.24) is 9.30 Å². The Bertz CT molecular complexity index is 760. The average Bonchev–Trinajstić information content (AvgIpc) is 2.95. The minimum atomic E-state index is -0.198. The summed E-state index contributed by atoms with van der Waals surface area (Å²) in [6.07, 6.45) is 1.78. The Balaban J connectivity index is 2.16. The van der Waals surface area contributed by atoms with Gasteiger partial charge in [-0.2, -0.15) is 0 Å². The number of hydrogen-bond donors (Lipinski definition) is 1. The Labute approximate surface area is 122 Å². The smallest absolute Gasteiger partial charge is 0.271 e. The van der Waals surface area contributed by atoms with Crippen molar-refractivity contribution >= 4 is 17.2 Å². The van der Waals surface area contributed by atoms with Crippen LogP contribution in [0.25, 0.3) is 5.52 Å². The van der Waals surface area contributed by atoms with Crippen LogP contribution >= 0.6 is 0 Å². The second-order valence-electron chi connectivity index (χ2n) is 5.64. The molecule has 1 aliphatic rings. The monoisotopic (exact) mass is 286 g/mol. The van der Waals surface area contributed by atoms with Gasteiger partial charge in [0.15, 0.2) is 5.78 Å². The van der Waals surface area contributed by atoms with E-state index in [0.717, 1.165) is 16.6 Å². The first kappa shape index (κ1) is 13.8. The van der Waals surface area contributed by atoms with Crippen LogP contribution in [-0.2, 0) is 6.54 Å². The number of aryl methyl sites for hydroxylation is 1. The van der Waals surface area contributed by atoms with Crippen molar-refractivity contribution < 1.29 is 14.7 Å². The van der Waals surface area contributed by atoms with Gasteiger partial charge in [-0.15, -0.1) is 0 Å². The highest BCUT2D eigenvalue weighted by Crippen LogP contribution is 2.32. The number of Topliss-reactive ketones (excluding diaryl/α,β-unsaturated/α-hetero) is 1. The summed E-state index contributed by atoms with van der Waals surface area (Å²) in [5, 5.41) is 9.27. The topological polar surface area (TPSA) is 62.0 Å². The Kier molecular flexibility index (Phi) is 3.10. The maximum Gasteiger partial charge on any atom is 0.271 e. The average molecular weight is 286 g/mol. The molecule has 0 radical (unpaired) electrons. The molecule has 1 N–H and O–H groups in total. The highest BCUT2D eigenvalue weighted by atomic mass is 16.3. The third-order valence-electron chi connectivity index (χ3n) is 4.31. The summed E-state index contributed by atoms with van der Waals surface area (Å²) in [4.78, 5) is 25.8. The van der Waals surface area contributed by atoms with Crippen LogP contribution < -0.4 is 0 Å². The van der Waals surface area contributed by atoms with Crippen molar-refractivity contribution in [2.45, 2.75) is 33.4 Å². The normalized spacial score (nSPS) is 15.6. The number of fused-ring (bicyclic) bond motifs is 3. The second kappa shape index (κ2) is 4.70. The number of aliphatic hydroxyl groups is 1. The van der Waals surface area contributed by atoms with E-state index in [2.05, 4.69) is 0 Å². The van der Waals surface area contributed by atoms with E-state index < -0.39 is 0 Å². The van der Waals surface area contributed by atoms with Crippen molar-refractivity contribution in [2.24, 2.45) is 0 Å². The summed E-state index contributed by atoms with van der Waals surface area (Å²) >= 11 is 0. The van der Waals surface area contributed by atoms with Gasteiger partial charge >= 0.3 is 0 Å². The van der Waals surface area contributed by atoms with Crippen LogP contribution in [0.3, 0.4) is 0 Å². The fourth-order valence-electron chi connectivity index (χ4n) is 2.94. The summed E-state index contributed by atoms with van der Waals surface area (Å²) in [7, 11) is 0. The zero-order chi connectivity index (χ0) is 15.3. The van der Waals surface area contributed by atoms with Gasteiger partial charge in [-0.25, -0.2) is 0 Å². The number of hydrogen-bond acceptors (Lipinski definition) is 3. The predicted octanol–water partition coefficient (Wildman–Crippen LogP) is 1.79. The zero-order valence-corrected chi connectivity index (χ0v) is 12.4. The van der Waals surface area contributed by atoms with Gasteiger partial charge in [-0.1, -0.05) is 0 Å². The third kappa shape index (κ3) is 1.88. The van der Waals surface area contributed by atoms with Gasteiger partial charge in [0.2, 0.25) is 0 Å². The molecule has 0 spiro atoms. The number of aromatic nitrogens is 1. The number of pyridine rings is 1. The maximum atomic E-state index is 12.6. The Hall–Kier alpha value is -2.14. The molecule has 110 valence electrons. The van der Waals surface area contributed by atoms with Gasteiger partial charge in [0.1, 0.15) is 5.69 Å². The Morgan fingerprint density at radius 3 is 2.81 bits per heavy atom. The van der Waals surface area contributed by atoms with Crippen LogP contribution in [0.1, 0.15) is 45.8 Å². The van der Waals surface area contributed by atoms with Crippen molar-refractivity contribution in [3.8, 4) is 0 Å². The third-order valence-corrected chi connectivity index (χ3v) is 4.31. The molecule has 0 aromatic carbocycles. The van der Waals surface area contributed by atoms with Gasteiger partial charge in [-0.05, 0) is 38.5 Å². The fourth-order valence-corrected chi connectivity index (χ4v) is 2.94. The molecule has 0 fully saturated rings. The maximum absolute atomic E-state index is 12.6. The van der Waals surface area contributed by atoms with E-state index in [9.17, 15) is 14.7 Å². The lowest BCUT2D eigenvalue weighted by molar-refractivity contribution is 0.0638. The molecule has 3 rings (SSSR count). The van der Waals surface area contributed by atoms with E-state index in [1.165, 1.54) is 6.92 Å². The lowest BCUT2D eigenvalue weighted by Crippen LogP contribution is -2.36. The van der Waals surface area contributed by atoms with E-state index in [1.54, 1.807) is 17.2 Å². The molecule has 0 bridgehead atoms. The molecule has 1 unspecified atom stereocenters. The summed E-state index contributed by atoms with van der Waals surface area (Å²) in [5.74, 6) is -0.0506. The largest absolute Gasteiger partial charge is 0.394 e. The van der Waals surface area contributed by atoms with Crippen LogP contribution in [0, 0.1) is 6.92 Å². The van der Waals surface area contributed by atoms with Crippen molar-refractivity contribution in [3.05, 3.63) is 40.7 Å². The number of carbonyl (C=O) groups excluding carboxylic acids is 2. The molecule has 5 heteroatoms. The predicted molar refractivity (Wildman–Crippen MR) is 78.6 cm³/mol. The standard InChI is InChI=1S/C16H18N2O3/c1-9(8-19)18-7-13-10(2)14-6-12(11(3)20)4-5-17(14)15(13)16(18)21/h4-6,9,19H,7-8H2,1-3H3. The molecule has 1 atom stereocenters. The lowest BCUT2D eigenvalue weighted by atomic mass is 10.1. The minimum Gasteiger partial charge on any atom is -0.394 e. The molecule has 3 heterocycles. The summed E-state index contributed by atoms with van der Waals surface area (Å²) in [6.45, 7) is 5.80. The van der Waals surface area contributed by atoms with Crippen molar-refractivity contribution in [2.75, 3.05) is 6.61 Å². The Morgan fingerprint density at radius 2 is 2.19 bits per heavy atom. The van der Waals surface area contributed by atoms with Crippen LogP contribution in [0.2, 0.25) is 0 Å². The van der Waals surface area contributed by atoms with Crippen LogP contribution in [0.15, 0.2) is 18.3 Å². The summed E-state index contributed by atoms with van der Waals surface area (Å²) in [6, 6.07) is 3.38. The highest BCUT2D eigenvalue weighted by Gasteiger charge is 2.35. The van der Waals surface area contributed by atoms with Gasteiger partial charge in [-0.3, -0.25) is 9.59 Å². The molecule has 0 saturated heterocycles. The molecule has 21 heavy (non-hydrogen) atoms. The van der Waals surface area contributed by atoms with Crippen molar-refractivity contribution in [3.63, 3.8) is 0 Å².